The third-order valence-corrected chi connectivity index (χ3v) is 11.0. The van der Waals surface area contributed by atoms with Crippen LogP contribution in [0.4, 0.5) is 5.69 Å². The number of hydrogen-bond acceptors (Lipinski definition) is 1. The van der Waals surface area contributed by atoms with Crippen LogP contribution >= 0.6 is 5.51 Å². The van der Waals surface area contributed by atoms with Crippen molar-refractivity contribution in [2.24, 2.45) is 4.99 Å². The molecule has 0 spiro atoms. The second-order valence-electron chi connectivity index (χ2n) is 6.42. The Morgan fingerprint density at radius 1 is 0.769 bits per heavy atom. The molecular formula is C22H23N2PSe. The van der Waals surface area contributed by atoms with Crippen LogP contribution < -0.4 is 10.6 Å². The van der Waals surface area contributed by atoms with E-state index in [0.29, 0.717) is 0 Å². The van der Waals surface area contributed by atoms with Gasteiger partial charge in [0.05, 0.1) is 0 Å². The van der Waals surface area contributed by atoms with Crippen molar-refractivity contribution in [3.63, 3.8) is 0 Å². The van der Waals surface area contributed by atoms with E-state index in [0.717, 1.165) is 11.3 Å². The zero-order valence-corrected chi connectivity index (χ0v) is 17.9. The Morgan fingerprint density at radius 3 is 1.65 bits per heavy atom. The number of aryl methyl sites for hydroxylation is 1. The second-order valence-corrected chi connectivity index (χ2v) is 12.5. The quantitative estimate of drug-likeness (QED) is 0.264. The molecule has 0 unspecified atom stereocenters. The maximum absolute atomic E-state index is 5.08. The molecule has 0 aliphatic rings. The first kappa shape index (κ1) is 18.9. The standard InChI is InChI=1S/C22H23N2PSe/c1-18-14-16-19(17-15-18)23-22(24(2)3)25(26,20-10-6-4-7-11-20)21-12-8-5-9-13-21/h4-17H,1-3H3. The van der Waals surface area contributed by atoms with Crippen LogP contribution in [0.5, 0.6) is 0 Å². The summed E-state index contributed by atoms with van der Waals surface area (Å²) >= 11 is 3.57. The summed E-state index contributed by atoms with van der Waals surface area (Å²) in [6.45, 7) is 2.10. The molecule has 132 valence electrons. The maximum atomic E-state index is 5.08. The molecule has 2 nitrogen and oxygen atoms in total. The van der Waals surface area contributed by atoms with Gasteiger partial charge in [-0.25, -0.2) is 0 Å². The van der Waals surface area contributed by atoms with Crippen molar-refractivity contribution in [2.75, 3.05) is 14.1 Å². The second kappa shape index (κ2) is 8.18. The zero-order valence-electron chi connectivity index (χ0n) is 15.3. The molecule has 0 aromatic heterocycles. The molecule has 3 rings (SSSR count). The Bertz CT molecular complexity index is 889. The molecule has 3 aromatic carbocycles. The first-order valence-corrected chi connectivity index (χ1v) is 12.6. The van der Waals surface area contributed by atoms with Gasteiger partial charge in [0.25, 0.3) is 0 Å². The molecule has 0 aliphatic heterocycles. The van der Waals surface area contributed by atoms with Crippen LogP contribution in [0.3, 0.4) is 0 Å². The fourth-order valence-corrected chi connectivity index (χ4v) is 8.42. The van der Waals surface area contributed by atoms with Gasteiger partial charge < -0.3 is 0 Å². The van der Waals surface area contributed by atoms with E-state index in [1.165, 1.54) is 16.2 Å². The molecule has 0 fully saturated rings. The van der Waals surface area contributed by atoms with Crippen LogP contribution in [0.25, 0.3) is 0 Å². The molecule has 4 heteroatoms. The molecule has 3 aromatic rings. The van der Waals surface area contributed by atoms with Gasteiger partial charge in [-0.05, 0) is 0 Å². The average molecular weight is 425 g/mol. The molecule has 0 atom stereocenters. The number of amidine groups is 1. The predicted molar refractivity (Wildman–Crippen MR) is 117 cm³/mol. The number of hydrogen-bond donors (Lipinski definition) is 0. The van der Waals surface area contributed by atoms with Gasteiger partial charge in [-0.15, -0.1) is 0 Å². The molecule has 0 saturated heterocycles. The molecule has 0 aliphatic carbocycles. The van der Waals surface area contributed by atoms with Crippen molar-refractivity contribution < 1.29 is 0 Å². The van der Waals surface area contributed by atoms with Gasteiger partial charge in [0.15, 0.2) is 0 Å². The normalized spacial score (nSPS) is 12.0. The third kappa shape index (κ3) is 3.91. The van der Waals surface area contributed by atoms with Gasteiger partial charge in [0.1, 0.15) is 0 Å². The average Bonchev–Trinajstić information content (AvgIpc) is 2.68. The van der Waals surface area contributed by atoms with Crippen LogP contribution in [-0.2, 0) is 0 Å². The first-order valence-electron chi connectivity index (χ1n) is 8.56. The van der Waals surface area contributed by atoms with Crippen molar-refractivity contribution in [3.8, 4) is 0 Å². The van der Waals surface area contributed by atoms with E-state index in [4.69, 9.17) is 4.99 Å². The summed E-state index contributed by atoms with van der Waals surface area (Å²) in [5, 5.41) is 2.57. The Balaban J connectivity index is 2.25. The predicted octanol–water partition coefficient (Wildman–Crippen LogP) is 4.30. The van der Waals surface area contributed by atoms with Crippen molar-refractivity contribution in [1.82, 2.24) is 4.90 Å². The molecule has 0 heterocycles. The Morgan fingerprint density at radius 2 is 1.23 bits per heavy atom. The van der Waals surface area contributed by atoms with Crippen molar-refractivity contribution in [1.29, 1.82) is 0 Å². The minimum absolute atomic E-state index is 0.978. The number of rotatable bonds is 4. The summed E-state index contributed by atoms with van der Waals surface area (Å²) in [6, 6.07) is 29.7. The molecular weight excluding hydrogens is 402 g/mol. The van der Waals surface area contributed by atoms with Gasteiger partial charge >= 0.3 is 164 Å². The monoisotopic (exact) mass is 426 g/mol. The Labute approximate surface area is 163 Å². The van der Waals surface area contributed by atoms with Gasteiger partial charge in [-0.3, -0.25) is 0 Å². The summed E-state index contributed by atoms with van der Waals surface area (Å²) in [6.07, 6.45) is 0. The van der Waals surface area contributed by atoms with Crippen LogP contribution in [0.2, 0.25) is 0 Å². The van der Waals surface area contributed by atoms with Crippen molar-refractivity contribution in [3.05, 3.63) is 90.5 Å². The molecule has 0 bridgehead atoms. The van der Waals surface area contributed by atoms with Crippen LogP contribution in [0, 0.1) is 6.92 Å². The van der Waals surface area contributed by atoms with Crippen LogP contribution in [-0.4, -0.2) is 39.7 Å². The van der Waals surface area contributed by atoms with E-state index in [9.17, 15) is 0 Å². The SMILES string of the molecule is Cc1ccc(N=C(N(C)C)P(=[Se])(c2ccccc2)c2ccccc2)cc1. The molecule has 0 saturated carbocycles. The fourth-order valence-electron chi connectivity index (χ4n) is 2.84. The van der Waals surface area contributed by atoms with Gasteiger partial charge in [0, 0.05) is 0 Å². The van der Waals surface area contributed by atoms with E-state index in [2.05, 4.69) is 126 Å². The Hall–Kier alpha value is -1.92. The summed E-state index contributed by atoms with van der Waals surface area (Å²) < 4.78 is 0. The van der Waals surface area contributed by atoms with E-state index < -0.39 is 5.51 Å². The number of nitrogens with zero attached hydrogens (tertiary/aromatic N) is 2. The molecule has 0 radical (unpaired) electrons. The van der Waals surface area contributed by atoms with Crippen molar-refractivity contribution >= 4 is 42.5 Å². The zero-order chi connectivity index (χ0) is 18.6. The van der Waals surface area contributed by atoms with Crippen LogP contribution in [0.15, 0.2) is 89.9 Å². The summed E-state index contributed by atoms with van der Waals surface area (Å²) in [7, 11) is 4.15. The summed E-state index contributed by atoms with van der Waals surface area (Å²) in [5.41, 5.74) is 1.32. The first-order chi connectivity index (χ1) is 12.5. The van der Waals surface area contributed by atoms with Crippen LogP contribution in [0.1, 0.15) is 5.56 Å². The topological polar surface area (TPSA) is 15.6 Å². The minimum atomic E-state index is -1.97. The molecule has 0 amide bonds. The molecule has 26 heavy (non-hydrogen) atoms. The van der Waals surface area contributed by atoms with E-state index in [1.807, 2.05) is 0 Å². The van der Waals surface area contributed by atoms with E-state index in [-0.39, 0.29) is 0 Å². The molecule has 0 N–H and O–H groups in total. The van der Waals surface area contributed by atoms with Gasteiger partial charge in [-0.2, -0.15) is 0 Å². The third-order valence-electron chi connectivity index (χ3n) is 4.18. The summed E-state index contributed by atoms with van der Waals surface area (Å²) in [5.74, 6) is 0. The fraction of sp³-hybridized carbons (Fsp3) is 0.136. The van der Waals surface area contributed by atoms with Crippen molar-refractivity contribution in [2.45, 2.75) is 6.92 Å². The number of benzene rings is 3. The van der Waals surface area contributed by atoms with Gasteiger partial charge in [0.2, 0.25) is 0 Å². The number of aliphatic imine (C=N–C) groups is 1. The van der Waals surface area contributed by atoms with Gasteiger partial charge in [-0.1, -0.05) is 0 Å². The Kier molecular flexibility index (Phi) is 5.94. The summed E-state index contributed by atoms with van der Waals surface area (Å²) in [4.78, 5) is 7.23. The van der Waals surface area contributed by atoms with E-state index in [1.54, 1.807) is 0 Å². The van der Waals surface area contributed by atoms with E-state index >= 15 is 0 Å².